The Kier molecular flexibility index (Phi) is 2.76. The van der Waals surface area contributed by atoms with Gasteiger partial charge in [0.2, 0.25) is 0 Å². The molecule has 0 aliphatic heterocycles. The van der Waals surface area contributed by atoms with Crippen LogP contribution in [-0.2, 0) is 0 Å². The minimum absolute atomic E-state index is 0.700. The van der Waals surface area contributed by atoms with Crippen molar-refractivity contribution in [3.63, 3.8) is 0 Å². The van der Waals surface area contributed by atoms with Crippen LogP contribution in [0.5, 0.6) is 0 Å². The van der Waals surface area contributed by atoms with Crippen molar-refractivity contribution in [3.05, 3.63) is 23.4 Å². The number of rotatable bonds is 3. The Morgan fingerprint density at radius 1 is 1.31 bits per heavy atom. The lowest BCUT2D eigenvalue weighted by molar-refractivity contribution is 0.348. The molecular formula is C13H17ClN2. The van der Waals surface area contributed by atoms with Crippen LogP contribution >= 0.6 is 11.6 Å². The Morgan fingerprint density at radius 3 is 2.88 bits per heavy atom. The van der Waals surface area contributed by atoms with Crippen molar-refractivity contribution in [3.8, 4) is 0 Å². The van der Waals surface area contributed by atoms with E-state index < -0.39 is 0 Å². The molecule has 0 amide bonds. The van der Waals surface area contributed by atoms with E-state index >= 15 is 0 Å². The number of nitrogens with zero attached hydrogens (tertiary/aromatic N) is 1. The molecule has 2 aliphatic rings. The number of halogens is 1. The average Bonchev–Trinajstić information content (AvgIpc) is 2.90. The molecule has 1 N–H and O–H groups in total. The summed E-state index contributed by atoms with van der Waals surface area (Å²) < 4.78 is 0. The number of hydrogen-bond donors (Lipinski definition) is 1. The highest BCUT2D eigenvalue weighted by molar-refractivity contribution is 6.30. The van der Waals surface area contributed by atoms with Gasteiger partial charge in [-0.05, 0) is 49.1 Å². The van der Waals surface area contributed by atoms with Gasteiger partial charge in [-0.25, -0.2) is 4.98 Å². The molecule has 2 fully saturated rings. The van der Waals surface area contributed by atoms with Gasteiger partial charge in [0.15, 0.2) is 0 Å². The molecule has 2 aliphatic carbocycles. The smallest absolute Gasteiger partial charge is 0.125 e. The Bertz CT molecular complexity index is 363. The summed E-state index contributed by atoms with van der Waals surface area (Å²) in [6, 6.07) is 3.84. The van der Waals surface area contributed by atoms with Crippen molar-refractivity contribution in [2.24, 2.45) is 17.8 Å². The van der Waals surface area contributed by atoms with Crippen LogP contribution in [0.25, 0.3) is 0 Å². The van der Waals surface area contributed by atoms with E-state index in [0.29, 0.717) is 5.02 Å². The quantitative estimate of drug-likeness (QED) is 0.868. The number of hydrogen-bond acceptors (Lipinski definition) is 2. The maximum absolute atomic E-state index is 5.80. The maximum Gasteiger partial charge on any atom is 0.125 e. The van der Waals surface area contributed by atoms with Crippen LogP contribution in [0.15, 0.2) is 18.3 Å². The van der Waals surface area contributed by atoms with Crippen molar-refractivity contribution in [1.82, 2.24) is 4.98 Å². The summed E-state index contributed by atoms with van der Waals surface area (Å²) in [5.74, 6) is 3.82. The molecule has 1 aromatic rings. The second-order valence-corrected chi connectivity index (χ2v) is 5.61. The fraction of sp³-hybridized carbons (Fsp3) is 0.615. The van der Waals surface area contributed by atoms with Gasteiger partial charge in [0.25, 0.3) is 0 Å². The van der Waals surface area contributed by atoms with Crippen molar-refractivity contribution in [2.75, 3.05) is 11.9 Å². The summed E-state index contributed by atoms with van der Waals surface area (Å²) in [5, 5.41) is 4.13. The van der Waals surface area contributed by atoms with E-state index in [-0.39, 0.29) is 0 Å². The fourth-order valence-corrected chi connectivity index (χ4v) is 3.45. The zero-order valence-corrected chi connectivity index (χ0v) is 10.1. The van der Waals surface area contributed by atoms with Crippen LogP contribution in [-0.4, -0.2) is 11.5 Å². The highest BCUT2D eigenvalue weighted by atomic mass is 35.5. The minimum Gasteiger partial charge on any atom is -0.370 e. The first-order valence-electron chi connectivity index (χ1n) is 6.16. The molecule has 2 bridgehead atoms. The van der Waals surface area contributed by atoms with E-state index in [1.54, 1.807) is 6.20 Å². The molecule has 2 saturated carbocycles. The highest BCUT2D eigenvalue weighted by Gasteiger charge is 2.38. The Hall–Kier alpha value is -0.760. The molecule has 86 valence electrons. The third kappa shape index (κ3) is 2.03. The standard InChI is InChI=1S/C13H17ClN2/c14-12-3-4-13(16-8-12)15-7-11-6-9-1-2-10(11)5-9/h3-4,8-11H,1-2,5-7H2,(H,15,16). The van der Waals surface area contributed by atoms with Crippen LogP contribution in [0.4, 0.5) is 5.82 Å². The van der Waals surface area contributed by atoms with E-state index in [1.165, 1.54) is 25.7 Å². The van der Waals surface area contributed by atoms with E-state index in [4.69, 9.17) is 11.6 Å². The maximum atomic E-state index is 5.80. The minimum atomic E-state index is 0.700. The predicted octanol–water partition coefficient (Wildman–Crippen LogP) is 3.58. The molecule has 0 radical (unpaired) electrons. The molecule has 2 nitrogen and oxygen atoms in total. The first-order chi connectivity index (χ1) is 7.81. The van der Waals surface area contributed by atoms with Crippen LogP contribution < -0.4 is 5.32 Å². The van der Waals surface area contributed by atoms with Crippen molar-refractivity contribution < 1.29 is 0 Å². The van der Waals surface area contributed by atoms with Gasteiger partial charge in [0.1, 0.15) is 5.82 Å². The molecule has 0 aromatic carbocycles. The summed E-state index contributed by atoms with van der Waals surface area (Å²) in [6.07, 6.45) is 7.52. The molecule has 3 atom stereocenters. The lowest BCUT2D eigenvalue weighted by Crippen LogP contribution is -2.20. The second-order valence-electron chi connectivity index (χ2n) is 5.18. The molecule has 0 saturated heterocycles. The zero-order valence-electron chi connectivity index (χ0n) is 9.32. The second kappa shape index (κ2) is 4.25. The average molecular weight is 237 g/mol. The van der Waals surface area contributed by atoms with Crippen LogP contribution in [0.3, 0.4) is 0 Å². The third-order valence-electron chi connectivity index (χ3n) is 4.16. The summed E-state index contributed by atoms with van der Waals surface area (Å²) in [5.41, 5.74) is 0. The number of anilines is 1. The zero-order chi connectivity index (χ0) is 11.0. The van der Waals surface area contributed by atoms with Gasteiger partial charge in [-0.1, -0.05) is 18.0 Å². The van der Waals surface area contributed by atoms with Gasteiger partial charge < -0.3 is 5.32 Å². The van der Waals surface area contributed by atoms with E-state index in [0.717, 1.165) is 30.1 Å². The Labute approximate surface area is 101 Å². The van der Waals surface area contributed by atoms with Crippen LogP contribution in [0, 0.1) is 17.8 Å². The van der Waals surface area contributed by atoms with Crippen molar-refractivity contribution in [2.45, 2.75) is 25.7 Å². The Morgan fingerprint density at radius 2 is 2.25 bits per heavy atom. The number of pyridine rings is 1. The molecule has 1 aromatic heterocycles. The van der Waals surface area contributed by atoms with E-state index in [2.05, 4.69) is 10.3 Å². The molecule has 0 spiro atoms. The molecule has 1 heterocycles. The van der Waals surface area contributed by atoms with Crippen molar-refractivity contribution >= 4 is 17.4 Å². The van der Waals surface area contributed by atoms with Crippen LogP contribution in [0.1, 0.15) is 25.7 Å². The Balaban J connectivity index is 1.55. The largest absolute Gasteiger partial charge is 0.370 e. The lowest BCUT2D eigenvalue weighted by Gasteiger charge is -2.22. The topological polar surface area (TPSA) is 24.9 Å². The highest BCUT2D eigenvalue weighted by Crippen LogP contribution is 2.48. The van der Waals surface area contributed by atoms with Crippen molar-refractivity contribution in [1.29, 1.82) is 0 Å². The molecule has 3 unspecified atom stereocenters. The first-order valence-corrected chi connectivity index (χ1v) is 6.54. The lowest BCUT2D eigenvalue weighted by atomic mass is 9.89. The normalized spacial score (nSPS) is 31.9. The van der Waals surface area contributed by atoms with E-state index in [9.17, 15) is 0 Å². The summed E-state index contributed by atoms with van der Waals surface area (Å²) in [7, 11) is 0. The van der Waals surface area contributed by atoms with Gasteiger partial charge in [0.05, 0.1) is 5.02 Å². The van der Waals surface area contributed by atoms with Gasteiger partial charge in [0, 0.05) is 12.7 Å². The third-order valence-corrected chi connectivity index (χ3v) is 4.38. The van der Waals surface area contributed by atoms with Gasteiger partial charge in [-0.3, -0.25) is 0 Å². The summed E-state index contributed by atoms with van der Waals surface area (Å²) >= 11 is 5.80. The fourth-order valence-electron chi connectivity index (χ4n) is 3.34. The van der Waals surface area contributed by atoms with Gasteiger partial charge in [-0.15, -0.1) is 0 Å². The number of fused-ring (bicyclic) bond motifs is 2. The number of aromatic nitrogens is 1. The SMILES string of the molecule is Clc1ccc(NCC2CC3CCC2C3)nc1. The first kappa shape index (κ1) is 10.4. The molecule has 3 heteroatoms. The predicted molar refractivity (Wildman–Crippen MR) is 66.7 cm³/mol. The number of nitrogens with one attached hydrogen (secondary N) is 1. The molecule has 3 rings (SSSR count). The van der Waals surface area contributed by atoms with Gasteiger partial charge in [-0.2, -0.15) is 0 Å². The summed E-state index contributed by atoms with van der Waals surface area (Å²) in [4.78, 5) is 4.26. The monoisotopic (exact) mass is 236 g/mol. The summed E-state index contributed by atoms with van der Waals surface area (Å²) in [6.45, 7) is 1.08. The molecule has 16 heavy (non-hydrogen) atoms. The van der Waals surface area contributed by atoms with Gasteiger partial charge >= 0.3 is 0 Å². The van der Waals surface area contributed by atoms with E-state index in [1.807, 2.05) is 12.1 Å². The van der Waals surface area contributed by atoms with Crippen LogP contribution in [0.2, 0.25) is 5.02 Å². The molecular weight excluding hydrogens is 220 g/mol.